The lowest BCUT2D eigenvalue weighted by Gasteiger charge is -2.35. The number of ether oxygens (including phenoxy) is 1. The molecule has 1 saturated carbocycles. The minimum Gasteiger partial charge on any atom is -0.497 e. The highest BCUT2D eigenvalue weighted by molar-refractivity contribution is 5.76. The summed E-state index contributed by atoms with van der Waals surface area (Å²) in [7, 11) is 1.62. The van der Waals surface area contributed by atoms with E-state index in [9.17, 15) is 4.79 Å². The summed E-state index contributed by atoms with van der Waals surface area (Å²) in [5.41, 5.74) is -0.688. The molecule has 4 rings (SSSR count). The molecule has 1 atom stereocenters. The minimum absolute atomic E-state index is 0.0131. The third-order valence-corrected chi connectivity index (χ3v) is 5.35. The van der Waals surface area contributed by atoms with Crippen LogP contribution in [0.2, 0.25) is 0 Å². The average molecular weight is 373 g/mol. The van der Waals surface area contributed by atoms with E-state index in [1.165, 1.54) is 0 Å². The van der Waals surface area contributed by atoms with Crippen LogP contribution in [0.3, 0.4) is 0 Å². The molecule has 144 valence electrons. The Morgan fingerprint density at radius 2 is 2.15 bits per heavy atom. The van der Waals surface area contributed by atoms with Gasteiger partial charge in [-0.2, -0.15) is 4.98 Å². The van der Waals surface area contributed by atoms with E-state index < -0.39 is 5.67 Å². The first-order chi connectivity index (χ1) is 13.1. The number of nitrogens with zero attached hydrogens (tertiary/aromatic N) is 3. The van der Waals surface area contributed by atoms with Crippen molar-refractivity contribution >= 4 is 5.91 Å². The number of carbonyl (C=O) groups is 1. The van der Waals surface area contributed by atoms with Crippen molar-refractivity contribution in [3.8, 4) is 5.75 Å². The summed E-state index contributed by atoms with van der Waals surface area (Å²) in [6.07, 6.45) is 3.93. The summed E-state index contributed by atoms with van der Waals surface area (Å²) in [4.78, 5) is 18.5. The van der Waals surface area contributed by atoms with Crippen LogP contribution < -0.4 is 4.74 Å². The van der Waals surface area contributed by atoms with Gasteiger partial charge in [0.1, 0.15) is 5.75 Å². The van der Waals surface area contributed by atoms with E-state index in [0.717, 1.165) is 24.2 Å². The molecule has 0 N–H and O–H groups in total. The van der Waals surface area contributed by atoms with Gasteiger partial charge in [-0.3, -0.25) is 4.79 Å². The molecule has 7 heteroatoms. The van der Waals surface area contributed by atoms with Gasteiger partial charge >= 0.3 is 0 Å². The van der Waals surface area contributed by atoms with Crippen molar-refractivity contribution in [2.24, 2.45) is 0 Å². The van der Waals surface area contributed by atoms with Crippen molar-refractivity contribution in [2.45, 2.75) is 50.1 Å². The summed E-state index contributed by atoms with van der Waals surface area (Å²) in [5.74, 6) is 1.68. The van der Waals surface area contributed by atoms with Gasteiger partial charge < -0.3 is 14.2 Å². The molecule has 1 aliphatic carbocycles. The van der Waals surface area contributed by atoms with Crippen LogP contribution in [0.15, 0.2) is 28.8 Å². The van der Waals surface area contributed by atoms with Gasteiger partial charge in [0, 0.05) is 18.9 Å². The fourth-order valence-electron chi connectivity index (χ4n) is 3.52. The SMILES string of the molecule is COc1ccc(CCC(=O)N2CCCC(F)(c3nc(C4CC4)no3)C2)cc1. The van der Waals surface area contributed by atoms with Crippen LogP contribution in [0.4, 0.5) is 4.39 Å². The van der Waals surface area contributed by atoms with Crippen molar-refractivity contribution < 1.29 is 18.4 Å². The topological polar surface area (TPSA) is 68.5 Å². The standard InChI is InChI=1S/C20H24FN3O3/c1-26-16-8-3-14(4-9-16)5-10-17(25)24-12-2-11-20(21,13-24)19-22-18(23-27-19)15-6-7-15/h3-4,8-9,15H,2,5-7,10-13H2,1H3. The summed E-state index contributed by atoms with van der Waals surface area (Å²) in [5, 5.41) is 3.92. The molecule has 2 heterocycles. The lowest BCUT2D eigenvalue weighted by Crippen LogP contribution is -2.46. The van der Waals surface area contributed by atoms with E-state index >= 15 is 4.39 Å². The van der Waals surface area contributed by atoms with Crippen molar-refractivity contribution in [1.82, 2.24) is 15.0 Å². The van der Waals surface area contributed by atoms with Crippen LogP contribution in [0, 0.1) is 0 Å². The maximum atomic E-state index is 15.5. The Morgan fingerprint density at radius 3 is 2.85 bits per heavy atom. The van der Waals surface area contributed by atoms with E-state index in [0.29, 0.717) is 44.0 Å². The minimum atomic E-state index is -1.74. The molecular weight excluding hydrogens is 349 g/mol. The fourth-order valence-corrected chi connectivity index (χ4v) is 3.52. The van der Waals surface area contributed by atoms with Crippen LogP contribution in [-0.4, -0.2) is 41.1 Å². The van der Waals surface area contributed by atoms with Crippen LogP contribution in [0.1, 0.15) is 55.3 Å². The third kappa shape index (κ3) is 3.96. The number of aryl methyl sites for hydroxylation is 1. The number of piperidine rings is 1. The van der Waals surface area contributed by atoms with Gasteiger partial charge in [-0.25, -0.2) is 4.39 Å². The van der Waals surface area contributed by atoms with E-state index in [1.54, 1.807) is 12.0 Å². The molecule has 1 aromatic carbocycles. The first-order valence-electron chi connectivity index (χ1n) is 9.51. The molecule has 6 nitrogen and oxygen atoms in total. The number of carbonyl (C=O) groups excluding carboxylic acids is 1. The zero-order valence-electron chi connectivity index (χ0n) is 15.5. The molecule has 0 bridgehead atoms. The Hall–Kier alpha value is -2.44. The van der Waals surface area contributed by atoms with Gasteiger partial charge in [0.2, 0.25) is 11.6 Å². The predicted octanol–water partition coefficient (Wildman–Crippen LogP) is 3.38. The monoisotopic (exact) mass is 373 g/mol. The molecule has 27 heavy (non-hydrogen) atoms. The van der Waals surface area contributed by atoms with E-state index in [-0.39, 0.29) is 18.3 Å². The summed E-state index contributed by atoms with van der Waals surface area (Å²) >= 11 is 0. The van der Waals surface area contributed by atoms with Gasteiger partial charge in [-0.15, -0.1) is 0 Å². The molecule has 1 amide bonds. The zero-order chi connectivity index (χ0) is 18.9. The van der Waals surface area contributed by atoms with Gasteiger partial charge in [-0.1, -0.05) is 17.3 Å². The smallest absolute Gasteiger partial charge is 0.266 e. The largest absolute Gasteiger partial charge is 0.497 e. The summed E-state index contributed by atoms with van der Waals surface area (Å²) in [6, 6.07) is 7.64. The van der Waals surface area contributed by atoms with Crippen molar-refractivity contribution in [1.29, 1.82) is 0 Å². The predicted molar refractivity (Wildman–Crippen MR) is 96.2 cm³/mol. The Bertz CT molecular complexity index is 803. The number of amides is 1. The van der Waals surface area contributed by atoms with Crippen LogP contribution in [0.5, 0.6) is 5.75 Å². The van der Waals surface area contributed by atoms with Gasteiger partial charge in [-0.05, 0) is 49.8 Å². The molecule has 2 fully saturated rings. The molecule has 1 saturated heterocycles. The number of rotatable bonds is 6. The molecular formula is C20H24FN3O3. The quantitative estimate of drug-likeness (QED) is 0.776. The lowest BCUT2D eigenvalue weighted by atomic mass is 9.94. The average Bonchev–Trinajstić information content (AvgIpc) is 3.42. The molecule has 0 spiro atoms. The van der Waals surface area contributed by atoms with E-state index in [4.69, 9.17) is 9.26 Å². The van der Waals surface area contributed by atoms with Crippen LogP contribution in [-0.2, 0) is 16.9 Å². The lowest BCUT2D eigenvalue weighted by molar-refractivity contribution is -0.136. The normalized spacial score (nSPS) is 22.7. The molecule has 1 unspecified atom stereocenters. The second kappa shape index (κ2) is 7.29. The maximum Gasteiger partial charge on any atom is 0.266 e. The Morgan fingerprint density at radius 1 is 1.37 bits per heavy atom. The Balaban J connectivity index is 1.36. The number of likely N-dealkylation sites (tertiary alicyclic amines) is 1. The van der Waals surface area contributed by atoms with Gasteiger partial charge in [0.25, 0.3) is 5.89 Å². The maximum absolute atomic E-state index is 15.5. The highest BCUT2D eigenvalue weighted by atomic mass is 19.1. The number of hydrogen-bond acceptors (Lipinski definition) is 5. The number of aromatic nitrogens is 2. The highest BCUT2D eigenvalue weighted by Crippen LogP contribution is 2.41. The molecule has 1 aromatic heterocycles. The molecule has 0 radical (unpaired) electrons. The van der Waals surface area contributed by atoms with Crippen LogP contribution in [0.25, 0.3) is 0 Å². The second-order valence-corrected chi connectivity index (χ2v) is 7.46. The number of hydrogen-bond donors (Lipinski definition) is 0. The molecule has 2 aromatic rings. The summed E-state index contributed by atoms with van der Waals surface area (Å²) < 4.78 is 25.8. The van der Waals surface area contributed by atoms with Gasteiger partial charge in [0.15, 0.2) is 5.82 Å². The molecule has 1 aliphatic heterocycles. The second-order valence-electron chi connectivity index (χ2n) is 7.46. The zero-order valence-corrected chi connectivity index (χ0v) is 15.5. The Kier molecular flexibility index (Phi) is 4.85. The number of alkyl halides is 1. The van der Waals surface area contributed by atoms with Crippen molar-refractivity contribution in [3.05, 3.63) is 41.5 Å². The third-order valence-electron chi connectivity index (χ3n) is 5.35. The van der Waals surface area contributed by atoms with E-state index in [2.05, 4.69) is 10.1 Å². The van der Waals surface area contributed by atoms with Crippen LogP contribution >= 0.6 is 0 Å². The highest BCUT2D eigenvalue weighted by Gasteiger charge is 2.44. The number of methoxy groups -OCH3 is 1. The van der Waals surface area contributed by atoms with Crippen molar-refractivity contribution in [2.75, 3.05) is 20.2 Å². The number of halogens is 1. The summed E-state index contributed by atoms with van der Waals surface area (Å²) in [6.45, 7) is 0.553. The molecule has 2 aliphatic rings. The first kappa shape index (κ1) is 17.9. The number of benzene rings is 1. The fraction of sp³-hybridized carbons (Fsp3) is 0.550. The van der Waals surface area contributed by atoms with E-state index in [1.807, 2.05) is 24.3 Å². The first-order valence-corrected chi connectivity index (χ1v) is 9.51. The Labute approximate surface area is 157 Å². The van der Waals surface area contributed by atoms with Gasteiger partial charge in [0.05, 0.1) is 13.7 Å². The van der Waals surface area contributed by atoms with Crippen molar-refractivity contribution in [3.63, 3.8) is 0 Å².